The van der Waals surface area contributed by atoms with E-state index in [2.05, 4.69) is 0 Å². The maximum absolute atomic E-state index is 10.6. The summed E-state index contributed by atoms with van der Waals surface area (Å²) >= 11 is 2.00. The van der Waals surface area contributed by atoms with E-state index >= 15 is 0 Å². The summed E-state index contributed by atoms with van der Waals surface area (Å²) in [5.41, 5.74) is 0. The number of hydrogen-bond donors (Lipinski definition) is 2. The van der Waals surface area contributed by atoms with Crippen LogP contribution in [0.5, 0.6) is 0 Å². The van der Waals surface area contributed by atoms with Crippen LogP contribution in [0.3, 0.4) is 0 Å². The molecule has 4 heteroatoms. The van der Waals surface area contributed by atoms with Crippen LogP contribution in [0.4, 0.5) is 0 Å². The van der Waals surface area contributed by atoms with Gasteiger partial charge in [0.1, 0.15) is 0 Å². The number of aliphatic carboxylic acids is 1. The van der Waals surface area contributed by atoms with Gasteiger partial charge in [0.15, 0.2) is 0 Å². The topological polar surface area (TPSA) is 57.5 Å². The van der Waals surface area contributed by atoms with E-state index in [0.29, 0.717) is 10.8 Å². The first kappa shape index (κ1) is 12.2. The van der Waals surface area contributed by atoms with Crippen LogP contribution >= 0.6 is 22.6 Å². The van der Waals surface area contributed by atoms with Crippen molar-refractivity contribution >= 4 is 28.6 Å². The normalized spacial score (nSPS) is 15.6. The quantitative estimate of drug-likeness (QED) is 0.577. The van der Waals surface area contributed by atoms with Crippen molar-refractivity contribution in [3.63, 3.8) is 0 Å². The Hall–Kier alpha value is 0.160. The van der Waals surface area contributed by atoms with Crippen LogP contribution in [0.1, 0.15) is 26.2 Å². The van der Waals surface area contributed by atoms with Gasteiger partial charge in [-0.2, -0.15) is 0 Å². The molecular formula is C8H15IO3. The van der Waals surface area contributed by atoms with Crippen molar-refractivity contribution in [1.82, 2.24) is 0 Å². The number of hydrogen-bond acceptors (Lipinski definition) is 2. The van der Waals surface area contributed by atoms with E-state index in [0.717, 1.165) is 12.8 Å². The third-order valence-electron chi connectivity index (χ3n) is 1.81. The van der Waals surface area contributed by atoms with Gasteiger partial charge in [0.25, 0.3) is 0 Å². The van der Waals surface area contributed by atoms with Crippen LogP contribution in [0.15, 0.2) is 0 Å². The zero-order valence-corrected chi connectivity index (χ0v) is 9.32. The lowest BCUT2D eigenvalue weighted by molar-refractivity contribution is -0.145. The Balaban J connectivity index is 3.94. The van der Waals surface area contributed by atoms with Crippen molar-refractivity contribution in [1.29, 1.82) is 0 Å². The number of aliphatic hydroxyl groups is 1. The van der Waals surface area contributed by atoms with Crippen LogP contribution in [0, 0.1) is 5.92 Å². The van der Waals surface area contributed by atoms with E-state index in [1.165, 1.54) is 0 Å². The third kappa shape index (κ3) is 4.25. The molecule has 0 aliphatic rings. The van der Waals surface area contributed by atoms with Gasteiger partial charge in [-0.1, -0.05) is 42.4 Å². The minimum atomic E-state index is -0.882. The van der Waals surface area contributed by atoms with Gasteiger partial charge in [0.2, 0.25) is 0 Å². The molecule has 0 aliphatic heterocycles. The number of carboxylic acid groups (broad SMARTS) is 1. The number of carbonyl (C=O) groups is 1. The van der Waals surface area contributed by atoms with Crippen LogP contribution in [-0.4, -0.2) is 26.7 Å². The van der Waals surface area contributed by atoms with Crippen LogP contribution in [0.25, 0.3) is 0 Å². The molecule has 0 aromatic carbocycles. The number of alkyl halides is 1. The second-order valence-corrected chi connectivity index (χ2v) is 3.69. The molecule has 0 radical (unpaired) electrons. The van der Waals surface area contributed by atoms with Gasteiger partial charge in [-0.25, -0.2) is 0 Å². The first-order chi connectivity index (χ1) is 5.63. The Kier molecular flexibility index (Phi) is 6.74. The van der Waals surface area contributed by atoms with Crippen molar-refractivity contribution in [3.05, 3.63) is 0 Å². The van der Waals surface area contributed by atoms with Crippen LogP contribution in [-0.2, 0) is 4.79 Å². The van der Waals surface area contributed by atoms with Gasteiger partial charge in [0, 0.05) is 4.43 Å². The van der Waals surface area contributed by atoms with E-state index in [1.807, 2.05) is 29.5 Å². The zero-order chi connectivity index (χ0) is 9.56. The monoisotopic (exact) mass is 286 g/mol. The van der Waals surface area contributed by atoms with Gasteiger partial charge >= 0.3 is 5.97 Å². The van der Waals surface area contributed by atoms with E-state index in [1.54, 1.807) is 0 Å². The number of halogens is 1. The van der Waals surface area contributed by atoms with Gasteiger partial charge < -0.3 is 10.2 Å². The van der Waals surface area contributed by atoms with Gasteiger partial charge in [0.05, 0.1) is 12.0 Å². The molecule has 72 valence electrons. The van der Waals surface area contributed by atoms with Gasteiger partial charge in [-0.15, -0.1) is 0 Å². The fourth-order valence-electron chi connectivity index (χ4n) is 1.01. The summed E-state index contributed by atoms with van der Waals surface area (Å²) in [6.07, 6.45) is 1.72. The molecule has 0 amide bonds. The summed E-state index contributed by atoms with van der Waals surface area (Å²) in [4.78, 5) is 10.6. The zero-order valence-electron chi connectivity index (χ0n) is 7.16. The molecule has 0 aliphatic carbocycles. The van der Waals surface area contributed by atoms with Crippen molar-refractivity contribution in [3.8, 4) is 0 Å². The van der Waals surface area contributed by atoms with Gasteiger partial charge in [-0.3, -0.25) is 4.79 Å². The lowest BCUT2D eigenvalue weighted by Crippen LogP contribution is -2.29. The predicted octanol–water partition coefficient (Wildman–Crippen LogP) is 1.67. The maximum Gasteiger partial charge on any atom is 0.309 e. The van der Waals surface area contributed by atoms with Crippen molar-refractivity contribution in [2.45, 2.75) is 32.3 Å². The second-order valence-electron chi connectivity index (χ2n) is 2.81. The van der Waals surface area contributed by atoms with Crippen molar-refractivity contribution in [2.24, 2.45) is 5.92 Å². The Bertz CT molecular complexity index is 138. The summed E-state index contributed by atoms with van der Waals surface area (Å²) in [5, 5.41) is 18.1. The molecule has 0 aromatic heterocycles. The highest BCUT2D eigenvalue weighted by Gasteiger charge is 2.24. The molecule has 3 nitrogen and oxygen atoms in total. The largest absolute Gasteiger partial charge is 0.481 e. The van der Waals surface area contributed by atoms with Crippen LogP contribution < -0.4 is 0 Å². The molecule has 0 saturated heterocycles. The summed E-state index contributed by atoms with van der Waals surface area (Å²) in [7, 11) is 0. The average Bonchev–Trinajstić information content (AvgIpc) is 2.04. The highest BCUT2D eigenvalue weighted by molar-refractivity contribution is 14.1. The summed E-state index contributed by atoms with van der Waals surface area (Å²) < 4.78 is 0.485. The highest BCUT2D eigenvalue weighted by atomic mass is 127. The summed E-state index contributed by atoms with van der Waals surface area (Å²) in [6.45, 7) is 2.01. The van der Waals surface area contributed by atoms with E-state index in [9.17, 15) is 9.90 Å². The molecule has 0 saturated carbocycles. The SMILES string of the molecule is CCCCC(C(=O)O)C(O)CI. The minimum absolute atomic E-state index is 0.485. The Morgan fingerprint density at radius 2 is 2.17 bits per heavy atom. The van der Waals surface area contributed by atoms with E-state index < -0.39 is 18.0 Å². The first-order valence-corrected chi connectivity index (χ1v) is 5.62. The Labute approximate surface area is 86.3 Å². The summed E-state index contributed by atoms with van der Waals surface area (Å²) in [5.74, 6) is -1.46. The van der Waals surface area contributed by atoms with Crippen molar-refractivity contribution < 1.29 is 15.0 Å². The molecule has 12 heavy (non-hydrogen) atoms. The molecule has 0 bridgehead atoms. The Morgan fingerprint density at radius 3 is 2.50 bits per heavy atom. The maximum atomic E-state index is 10.6. The number of unbranched alkanes of at least 4 members (excludes halogenated alkanes) is 1. The fourth-order valence-corrected chi connectivity index (χ4v) is 1.63. The predicted molar refractivity (Wildman–Crippen MR) is 55.5 cm³/mol. The number of rotatable bonds is 6. The molecule has 2 atom stereocenters. The Morgan fingerprint density at radius 1 is 1.58 bits per heavy atom. The molecule has 0 rings (SSSR count). The first-order valence-electron chi connectivity index (χ1n) is 4.10. The fraction of sp³-hybridized carbons (Fsp3) is 0.875. The lowest BCUT2D eigenvalue weighted by atomic mass is 9.97. The van der Waals surface area contributed by atoms with E-state index in [-0.39, 0.29) is 0 Å². The van der Waals surface area contributed by atoms with Crippen LogP contribution in [0.2, 0.25) is 0 Å². The number of aliphatic hydroxyl groups excluding tert-OH is 1. The molecule has 2 unspecified atom stereocenters. The molecule has 0 heterocycles. The summed E-state index contributed by atoms with van der Waals surface area (Å²) in [6, 6.07) is 0. The molecular weight excluding hydrogens is 271 g/mol. The van der Waals surface area contributed by atoms with E-state index in [4.69, 9.17) is 5.11 Å². The molecule has 0 aromatic rings. The highest BCUT2D eigenvalue weighted by Crippen LogP contribution is 2.15. The van der Waals surface area contributed by atoms with Gasteiger partial charge in [-0.05, 0) is 6.42 Å². The molecule has 0 fully saturated rings. The average molecular weight is 286 g/mol. The smallest absolute Gasteiger partial charge is 0.309 e. The molecule has 2 N–H and O–H groups in total. The van der Waals surface area contributed by atoms with Crippen molar-refractivity contribution in [2.75, 3.05) is 4.43 Å². The minimum Gasteiger partial charge on any atom is -0.481 e. The standard InChI is InChI=1S/C8H15IO3/c1-2-3-4-6(8(11)12)7(10)5-9/h6-7,10H,2-5H2,1H3,(H,11,12). The third-order valence-corrected chi connectivity index (χ3v) is 2.71. The lowest BCUT2D eigenvalue weighted by Gasteiger charge is -2.16. The second kappa shape index (κ2) is 6.65. The molecule has 0 spiro atoms. The number of carboxylic acids is 1.